The topological polar surface area (TPSA) is 78.9 Å². The van der Waals surface area contributed by atoms with E-state index in [-0.39, 0.29) is 31.1 Å². The van der Waals surface area contributed by atoms with Crippen LogP contribution in [0.15, 0.2) is 85.1 Å². The number of esters is 3. The van der Waals surface area contributed by atoms with Crippen molar-refractivity contribution in [2.24, 2.45) is 0 Å². The monoisotopic (exact) mass is 1060 g/mol. The van der Waals surface area contributed by atoms with Crippen LogP contribution < -0.4 is 0 Å². The summed E-state index contributed by atoms with van der Waals surface area (Å²) in [5.74, 6) is -0.894. The Kier molecular flexibility index (Phi) is 61.2. The van der Waals surface area contributed by atoms with Crippen LogP contribution in [0.4, 0.5) is 0 Å². The van der Waals surface area contributed by atoms with Crippen molar-refractivity contribution in [2.45, 2.75) is 329 Å². The molecule has 0 saturated carbocycles. The molecule has 0 saturated heterocycles. The zero-order valence-corrected chi connectivity index (χ0v) is 50.3. The first kappa shape index (κ1) is 72.6. The number of allylic oxidation sites excluding steroid dienone is 14. The lowest BCUT2D eigenvalue weighted by molar-refractivity contribution is -0.167. The summed E-state index contributed by atoms with van der Waals surface area (Å²) in [6.07, 6.45) is 84.6. The normalized spacial score (nSPS) is 12.6. The SMILES string of the molecule is CC/C=C\C/C=C\C/C=C\C/C=C\C/C=C\CCCCCCCCCC(=O)OC(COC(=O)CCCCCCC/C=C\CCC)COC(=O)CCCCCCCCCCCCCCC/C=C\CCCCCCCCCC. The summed E-state index contributed by atoms with van der Waals surface area (Å²) in [6.45, 7) is 6.48. The Hall–Kier alpha value is -3.41. The molecule has 0 rings (SSSR count). The van der Waals surface area contributed by atoms with Crippen molar-refractivity contribution in [1.29, 1.82) is 0 Å². The van der Waals surface area contributed by atoms with Gasteiger partial charge in [0.25, 0.3) is 0 Å². The average molecular weight is 1060 g/mol. The first-order valence-electron chi connectivity index (χ1n) is 32.6. The first-order valence-corrected chi connectivity index (χ1v) is 32.6. The third-order valence-electron chi connectivity index (χ3n) is 14.1. The molecule has 0 fully saturated rings. The van der Waals surface area contributed by atoms with Gasteiger partial charge in [0.15, 0.2) is 6.10 Å². The summed E-state index contributed by atoms with van der Waals surface area (Å²) in [6, 6.07) is 0. The Balaban J connectivity index is 4.25. The number of rotatable bonds is 59. The van der Waals surface area contributed by atoms with E-state index >= 15 is 0 Å². The molecule has 0 spiro atoms. The molecule has 1 unspecified atom stereocenters. The van der Waals surface area contributed by atoms with Gasteiger partial charge in [0.2, 0.25) is 0 Å². The lowest BCUT2D eigenvalue weighted by Gasteiger charge is -2.18. The van der Waals surface area contributed by atoms with E-state index in [1.54, 1.807) is 0 Å². The molecule has 0 amide bonds. The van der Waals surface area contributed by atoms with E-state index in [0.717, 1.165) is 109 Å². The van der Waals surface area contributed by atoms with Gasteiger partial charge in [0.1, 0.15) is 13.2 Å². The summed E-state index contributed by atoms with van der Waals surface area (Å²) in [7, 11) is 0. The maximum Gasteiger partial charge on any atom is 0.306 e. The smallest absolute Gasteiger partial charge is 0.306 e. The highest BCUT2D eigenvalue weighted by Crippen LogP contribution is 2.17. The van der Waals surface area contributed by atoms with Crippen LogP contribution in [0.2, 0.25) is 0 Å². The van der Waals surface area contributed by atoms with E-state index in [4.69, 9.17) is 14.2 Å². The van der Waals surface area contributed by atoms with Gasteiger partial charge in [-0.05, 0) is 109 Å². The maximum atomic E-state index is 12.9. The number of unbranched alkanes of at least 4 members (excludes halogenated alkanes) is 34. The summed E-state index contributed by atoms with van der Waals surface area (Å²) >= 11 is 0. The zero-order valence-electron chi connectivity index (χ0n) is 50.3. The van der Waals surface area contributed by atoms with Crippen molar-refractivity contribution in [1.82, 2.24) is 0 Å². The van der Waals surface area contributed by atoms with Gasteiger partial charge in [-0.3, -0.25) is 14.4 Å². The largest absolute Gasteiger partial charge is 0.462 e. The second kappa shape index (κ2) is 64.1. The van der Waals surface area contributed by atoms with E-state index < -0.39 is 6.10 Å². The van der Waals surface area contributed by atoms with Crippen LogP contribution in [0.1, 0.15) is 323 Å². The predicted molar refractivity (Wildman–Crippen MR) is 330 cm³/mol. The molecule has 0 aliphatic carbocycles. The summed E-state index contributed by atoms with van der Waals surface area (Å²) in [4.78, 5) is 38.2. The molecule has 0 aliphatic rings. The van der Waals surface area contributed by atoms with Crippen molar-refractivity contribution in [3.05, 3.63) is 85.1 Å². The molecule has 1 atom stereocenters. The molecule has 76 heavy (non-hydrogen) atoms. The van der Waals surface area contributed by atoms with E-state index in [1.807, 2.05) is 0 Å². The van der Waals surface area contributed by atoms with Gasteiger partial charge in [0, 0.05) is 19.3 Å². The van der Waals surface area contributed by atoms with Gasteiger partial charge in [-0.15, -0.1) is 0 Å². The quantitative estimate of drug-likeness (QED) is 0.0261. The molecule has 0 aliphatic heterocycles. The molecule has 0 bridgehead atoms. The number of carbonyl (C=O) groups excluding carboxylic acids is 3. The molecule has 6 heteroatoms. The lowest BCUT2D eigenvalue weighted by atomic mass is 10.0. The van der Waals surface area contributed by atoms with Gasteiger partial charge in [0.05, 0.1) is 0 Å². The predicted octanol–water partition coefficient (Wildman–Crippen LogP) is 22.3. The Morgan fingerprint density at radius 1 is 0.276 bits per heavy atom. The van der Waals surface area contributed by atoms with Crippen molar-refractivity contribution in [2.75, 3.05) is 13.2 Å². The van der Waals surface area contributed by atoms with E-state index in [1.165, 1.54) is 173 Å². The fourth-order valence-electron chi connectivity index (χ4n) is 9.23. The van der Waals surface area contributed by atoms with Crippen LogP contribution in [-0.2, 0) is 28.6 Å². The van der Waals surface area contributed by atoms with Crippen LogP contribution >= 0.6 is 0 Å². The average Bonchev–Trinajstić information content (AvgIpc) is 3.42. The number of hydrogen-bond donors (Lipinski definition) is 0. The standard InChI is InChI=1S/C70H122O6/c1-4-7-10-13-16-19-22-24-26-28-30-32-34-35-37-38-40-42-44-46-48-51-54-57-60-63-69(72)75-66-67(65-74-68(71)62-59-56-53-50-21-18-15-12-9-6-3)76-70(73)64-61-58-55-52-49-47-45-43-41-39-36-33-31-29-27-25-23-20-17-14-11-8-5-2/h8,11-12,15,17,20,25,27-28,30-31,33,39,41,67H,4-7,9-10,13-14,16,18-19,21-24,26,29,32,34-38,40,42-66H2,1-3H3/b11-8-,15-12-,20-17-,27-25-,30-28-,33-31-,41-39-. The molecule has 0 N–H and O–H groups in total. The van der Waals surface area contributed by atoms with Crippen LogP contribution in [0.5, 0.6) is 0 Å². The zero-order chi connectivity index (χ0) is 55.0. The molecular formula is C70H122O6. The molecule has 0 aromatic carbocycles. The Morgan fingerprint density at radius 2 is 0.539 bits per heavy atom. The molecule has 0 radical (unpaired) electrons. The fraction of sp³-hybridized carbons (Fsp3) is 0.757. The van der Waals surface area contributed by atoms with Gasteiger partial charge < -0.3 is 14.2 Å². The third-order valence-corrected chi connectivity index (χ3v) is 14.1. The Morgan fingerprint density at radius 3 is 0.868 bits per heavy atom. The molecular weight excluding hydrogens is 937 g/mol. The van der Waals surface area contributed by atoms with E-state index in [0.29, 0.717) is 19.3 Å². The number of ether oxygens (including phenoxy) is 3. The lowest BCUT2D eigenvalue weighted by Crippen LogP contribution is -2.30. The highest BCUT2D eigenvalue weighted by Gasteiger charge is 2.19. The third kappa shape index (κ3) is 61.4. The summed E-state index contributed by atoms with van der Waals surface area (Å²) in [5, 5.41) is 0. The van der Waals surface area contributed by atoms with Crippen LogP contribution in [0.3, 0.4) is 0 Å². The van der Waals surface area contributed by atoms with Gasteiger partial charge in [-0.2, -0.15) is 0 Å². The Bertz CT molecular complexity index is 1450. The maximum absolute atomic E-state index is 12.9. The van der Waals surface area contributed by atoms with Crippen molar-refractivity contribution >= 4 is 17.9 Å². The fourth-order valence-corrected chi connectivity index (χ4v) is 9.23. The number of carbonyl (C=O) groups is 3. The summed E-state index contributed by atoms with van der Waals surface area (Å²) in [5.41, 5.74) is 0. The van der Waals surface area contributed by atoms with Gasteiger partial charge in [-0.25, -0.2) is 0 Å². The van der Waals surface area contributed by atoms with Gasteiger partial charge >= 0.3 is 17.9 Å². The minimum absolute atomic E-state index is 0.0824. The first-order chi connectivity index (χ1) is 37.5. The number of hydrogen-bond acceptors (Lipinski definition) is 6. The molecule has 6 nitrogen and oxygen atoms in total. The Labute approximate surface area is 471 Å². The second-order valence-corrected chi connectivity index (χ2v) is 21.6. The molecule has 0 aromatic heterocycles. The van der Waals surface area contributed by atoms with Crippen molar-refractivity contribution < 1.29 is 28.6 Å². The van der Waals surface area contributed by atoms with E-state index in [9.17, 15) is 14.4 Å². The second-order valence-electron chi connectivity index (χ2n) is 21.6. The van der Waals surface area contributed by atoms with E-state index in [2.05, 4.69) is 106 Å². The van der Waals surface area contributed by atoms with Crippen molar-refractivity contribution in [3.63, 3.8) is 0 Å². The summed E-state index contributed by atoms with van der Waals surface area (Å²) < 4.78 is 16.9. The van der Waals surface area contributed by atoms with Crippen LogP contribution in [-0.4, -0.2) is 37.2 Å². The molecule has 0 heterocycles. The minimum Gasteiger partial charge on any atom is -0.462 e. The van der Waals surface area contributed by atoms with Crippen molar-refractivity contribution in [3.8, 4) is 0 Å². The highest BCUT2D eigenvalue weighted by atomic mass is 16.6. The molecule has 438 valence electrons. The minimum atomic E-state index is -0.786. The van der Waals surface area contributed by atoms with Crippen LogP contribution in [0.25, 0.3) is 0 Å². The molecule has 0 aromatic rings. The highest BCUT2D eigenvalue weighted by molar-refractivity contribution is 5.71. The van der Waals surface area contributed by atoms with Crippen LogP contribution in [0, 0.1) is 0 Å². The van der Waals surface area contributed by atoms with Gasteiger partial charge in [-0.1, -0.05) is 279 Å².